The summed E-state index contributed by atoms with van der Waals surface area (Å²) in [4.78, 5) is 0. The van der Waals surface area contributed by atoms with Gasteiger partial charge < -0.3 is 14.8 Å². The number of hydrogen-bond donors (Lipinski definition) is 1. The highest BCUT2D eigenvalue weighted by Gasteiger charge is 2.02. The van der Waals surface area contributed by atoms with Crippen LogP contribution in [0.25, 0.3) is 0 Å². The lowest BCUT2D eigenvalue weighted by Gasteiger charge is -2.12. The van der Waals surface area contributed by atoms with Crippen LogP contribution in [0.1, 0.15) is 11.1 Å². The van der Waals surface area contributed by atoms with Crippen molar-refractivity contribution in [3.63, 3.8) is 0 Å². The van der Waals surface area contributed by atoms with E-state index in [2.05, 4.69) is 27.3 Å². The standard InChI is InChI=1S/C17H20BrNO2/c1-13-11-15(7-8-16(13)18)20-9-10-21-17-6-4-3-5-14(17)12-19-2/h3-8,11,19H,9-10,12H2,1-2H3. The molecule has 0 atom stereocenters. The summed E-state index contributed by atoms with van der Waals surface area (Å²) in [6.07, 6.45) is 0. The first-order valence-corrected chi connectivity index (χ1v) is 7.74. The molecule has 0 radical (unpaired) electrons. The van der Waals surface area contributed by atoms with Crippen molar-refractivity contribution < 1.29 is 9.47 Å². The van der Waals surface area contributed by atoms with Crippen LogP contribution in [0, 0.1) is 6.92 Å². The molecule has 0 spiro atoms. The third-order valence-corrected chi connectivity index (χ3v) is 3.97. The van der Waals surface area contributed by atoms with E-state index in [9.17, 15) is 0 Å². The van der Waals surface area contributed by atoms with Gasteiger partial charge >= 0.3 is 0 Å². The number of benzene rings is 2. The van der Waals surface area contributed by atoms with Crippen LogP contribution in [0.15, 0.2) is 46.9 Å². The second-order valence-electron chi connectivity index (χ2n) is 4.75. The number of hydrogen-bond acceptors (Lipinski definition) is 3. The number of ether oxygens (including phenoxy) is 2. The lowest BCUT2D eigenvalue weighted by Crippen LogP contribution is -2.12. The van der Waals surface area contributed by atoms with Crippen LogP contribution in [0.3, 0.4) is 0 Å². The minimum atomic E-state index is 0.523. The topological polar surface area (TPSA) is 30.5 Å². The van der Waals surface area contributed by atoms with Crippen molar-refractivity contribution in [3.05, 3.63) is 58.1 Å². The van der Waals surface area contributed by atoms with Crippen molar-refractivity contribution in [1.29, 1.82) is 0 Å². The van der Waals surface area contributed by atoms with Gasteiger partial charge in [0.25, 0.3) is 0 Å². The Hall–Kier alpha value is -1.52. The van der Waals surface area contributed by atoms with Gasteiger partial charge in [-0.05, 0) is 43.8 Å². The Kier molecular flexibility index (Phi) is 6.08. The normalized spacial score (nSPS) is 10.4. The molecular formula is C17H20BrNO2. The minimum Gasteiger partial charge on any atom is -0.490 e. The number of aryl methyl sites for hydroxylation is 1. The van der Waals surface area contributed by atoms with Gasteiger partial charge in [-0.2, -0.15) is 0 Å². The van der Waals surface area contributed by atoms with Gasteiger partial charge in [-0.25, -0.2) is 0 Å². The van der Waals surface area contributed by atoms with Gasteiger partial charge in [0.1, 0.15) is 24.7 Å². The molecule has 2 aromatic carbocycles. The summed E-state index contributed by atoms with van der Waals surface area (Å²) < 4.78 is 12.6. The first-order valence-electron chi connectivity index (χ1n) is 6.95. The molecule has 0 fully saturated rings. The fourth-order valence-corrected chi connectivity index (χ4v) is 2.25. The Labute approximate surface area is 134 Å². The molecule has 0 heterocycles. The molecule has 4 heteroatoms. The van der Waals surface area contributed by atoms with E-state index in [1.807, 2.05) is 50.4 Å². The fraction of sp³-hybridized carbons (Fsp3) is 0.294. The molecule has 0 unspecified atom stereocenters. The number of halogens is 1. The van der Waals surface area contributed by atoms with E-state index in [1.54, 1.807) is 0 Å². The Morgan fingerprint density at radius 2 is 1.81 bits per heavy atom. The molecule has 0 saturated carbocycles. The Morgan fingerprint density at radius 1 is 1.05 bits per heavy atom. The Morgan fingerprint density at radius 3 is 2.57 bits per heavy atom. The lowest BCUT2D eigenvalue weighted by molar-refractivity contribution is 0.215. The highest BCUT2D eigenvalue weighted by molar-refractivity contribution is 9.10. The third kappa shape index (κ3) is 4.76. The van der Waals surface area contributed by atoms with Crippen molar-refractivity contribution in [2.45, 2.75) is 13.5 Å². The zero-order valence-corrected chi connectivity index (χ0v) is 13.9. The predicted octanol–water partition coefficient (Wildman–Crippen LogP) is 3.93. The summed E-state index contributed by atoms with van der Waals surface area (Å²) in [5.41, 5.74) is 2.31. The molecule has 0 aliphatic carbocycles. The highest BCUT2D eigenvalue weighted by Crippen LogP contribution is 2.22. The summed E-state index contributed by atoms with van der Waals surface area (Å²) >= 11 is 3.48. The van der Waals surface area contributed by atoms with Gasteiger partial charge in [-0.3, -0.25) is 0 Å². The van der Waals surface area contributed by atoms with Crippen LogP contribution < -0.4 is 14.8 Å². The van der Waals surface area contributed by atoms with Crippen molar-refractivity contribution in [2.75, 3.05) is 20.3 Å². The molecule has 0 aliphatic heterocycles. The molecule has 0 aliphatic rings. The molecule has 21 heavy (non-hydrogen) atoms. The predicted molar refractivity (Wildman–Crippen MR) is 89.1 cm³/mol. The number of nitrogens with one attached hydrogen (secondary N) is 1. The first kappa shape index (κ1) is 15.9. The highest BCUT2D eigenvalue weighted by atomic mass is 79.9. The fourth-order valence-electron chi connectivity index (χ4n) is 2.00. The minimum absolute atomic E-state index is 0.523. The second kappa shape index (κ2) is 8.05. The van der Waals surface area contributed by atoms with Crippen LogP contribution in [0.4, 0.5) is 0 Å². The smallest absolute Gasteiger partial charge is 0.123 e. The van der Waals surface area contributed by atoms with E-state index in [0.29, 0.717) is 13.2 Å². The molecule has 112 valence electrons. The summed E-state index contributed by atoms with van der Waals surface area (Å²) in [6.45, 7) is 3.88. The van der Waals surface area contributed by atoms with Crippen LogP contribution in [0.5, 0.6) is 11.5 Å². The monoisotopic (exact) mass is 349 g/mol. The number of para-hydroxylation sites is 1. The van der Waals surface area contributed by atoms with Gasteiger partial charge in [0.05, 0.1) is 0 Å². The molecule has 0 saturated heterocycles. The molecule has 3 nitrogen and oxygen atoms in total. The van der Waals surface area contributed by atoms with Crippen LogP contribution >= 0.6 is 15.9 Å². The van der Waals surface area contributed by atoms with Crippen LogP contribution in [-0.2, 0) is 6.54 Å². The van der Waals surface area contributed by atoms with Gasteiger partial charge in [0.15, 0.2) is 0 Å². The van der Waals surface area contributed by atoms with Crippen molar-refractivity contribution >= 4 is 15.9 Å². The molecule has 2 rings (SSSR count). The van der Waals surface area contributed by atoms with Crippen molar-refractivity contribution in [1.82, 2.24) is 5.32 Å². The molecular weight excluding hydrogens is 330 g/mol. The maximum absolute atomic E-state index is 5.79. The zero-order valence-electron chi connectivity index (χ0n) is 12.4. The van der Waals surface area contributed by atoms with Crippen LogP contribution in [-0.4, -0.2) is 20.3 Å². The molecule has 0 bridgehead atoms. The Bertz CT molecular complexity index is 587. The van der Waals surface area contributed by atoms with Crippen LogP contribution in [0.2, 0.25) is 0 Å². The van der Waals surface area contributed by atoms with E-state index >= 15 is 0 Å². The maximum Gasteiger partial charge on any atom is 0.123 e. The largest absolute Gasteiger partial charge is 0.490 e. The van der Waals surface area contributed by atoms with Crippen molar-refractivity contribution in [3.8, 4) is 11.5 Å². The van der Waals surface area contributed by atoms with E-state index < -0.39 is 0 Å². The summed E-state index contributed by atoms with van der Waals surface area (Å²) in [7, 11) is 1.93. The quantitative estimate of drug-likeness (QED) is 0.768. The first-order chi connectivity index (χ1) is 10.2. The summed E-state index contributed by atoms with van der Waals surface area (Å²) in [6, 6.07) is 14.0. The third-order valence-electron chi connectivity index (χ3n) is 3.08. The SMILES string of the molecule is CNCc1ccccc1OCCOc1ccc(Br)c(C)c1. The van der Waals surface area contributed by atoms with Gasteiger partial charge in [0.2, 0.25) is 0 Å². The van der Waals surface area contributed by atoms with Gasteiger partial charge in [-0.15, -0.1) is 0 Å². The lowest BCUT2D eigenvalue weighted by atomic mass is 10.2. The molecule has 0 aromatic heterocycles. The maximum atomic E-state index is 5.79. The zero-order chi connectivity index (χ0) is 15.1. The summed E-state index contributed by atoms with van der Waals surface area (Å²) in [5.74, 6) is 1.77. The van der Waals surface area contributed by atoms with Crippen molar-refractivity contribution in [2.24, 2.45) is 0 Å². The summed E-state index contributed by atoms with van der Waals surface area (Å²) in [5, 5.41) is 3.14. The second-order valence-corrected chi connectivity index (χ2v) is 5.60. The molecule has 2 aromatic rings. The average Bonchev–Trinajstić information content (AvgIpc) is 2.49. The average molecular weight is 350 g/mol. The Balaban J connectivity index is 1.83. The van der Waals surface area contributed by atoms with E-state index in [1.165, 1.54) is 0 Å². The number of rotatable bonds is 7. The molecule has 1 N–H and O–H groups in total. The van der Waals surface area contributed by atoms with Gasteiger partial charge in [0, 0.05) is 16.6 Å². The van der Waals surface area contributed by atoms with E-state index in [0.717, 1.165) is 33.6 Å². The van der Waals surface area contributed by atoms with Gasteiger partial charge in [-0.1, -0.05) is 34.1 Å². The molecule has 0 amide bonds. The van der Waals surface area contributed by atoms with E-state index in [-0.39, 0.29) is 0 Å². The van der Waals surface area contributed by atoms with E-state index in [4.69, 9.17) is 9.47 Å².